The van der Waals surface area contributed by atoms with E-state index in [4.69, 9.17) is 4.43 Å². The van der Waals surface area contributed by atoms with Crippen molar-refractivity contribution in [2.45, 2.75) is 46.8 Å². The highest BCUT2D eigenvalue weighted by molar-refractivity contribution is 6.70. The van der Waals surface area contributed by atoms with Crippen LogP contribution in [0.2, 0.25) is 19.6 Å². The Labute approximate surface area is 88.5 Å². The van der Waals surface area contributed by atoms with Crippen LogP contribution >= 0.6 is 0 Å². The molecule has 0 heterocycles. The maximum absolute atomic E-state index is 11.6. The van der Waals surface area contributed by atoms with Crippen LogP contribution in [0.15, 0.2) is 12.3 Å². The maximum atomic E-state index is 11.6. The van der Waals surface area contributed by atoms with Crippen LogP contribution in [-0.4, -0.2) is 14.1 Å². The van der Waals surface area contributed by atoms with E-state index in [1.807, 2.05) is 20.8 Å². The number of rotatable bonds is 4. The SMILES string of the molecule is C=C(CC(=O)C(C)(C)C)O[Si](C)(C)C. The van der Waals surface area contributed by atoms with Gasteiger partial charge in [0.05, 0.1) is 12.2 Å². The van der Waals surface area contributed by atoms with Gasteiger partial charge in [0.15, 0.2) is 0 Å². The van der Waals surface area contributed by atoms with Crippen LogP contribution in [0.3, 0.4) is 0 Å². The topological polar surface area (TPSA) is 26.3 Å². The zero-order chi connectivity index (χ0) is 11.6. The predicted octanol–water partition coefficient (Wildman–Crippen LogP) is 3.36. The summed E-state index contributed by atoms with van der Waals surface area (Å²) in [6.45, 7) is 15.8. The third kappa shape index (κ3) is 5.97. The van der Waals surface area contributed by atoms with E-state index in [1.165, 1.54) is 0 Å². The van der Waals surface area contributed by atoms with Gasteiger partial charge in [0, 0.05) is 5.41 Å². The molecular formula is C11H22O2Si. The second-order valence-corrected chi connectivity index (χ2v) is 10.0. The molecule has 0 bridgehead atoms. The summed E-state index contributed by atoms with van der Waals surface area (Å²) in [5, 5.41) is 0. The van der Waals surface area contributed by atoms with Crippen molar-refractivity contribution in [1.29, 1.82) is 0 Å². The minimum absolute atomic E-state index is 0.181. The molecule has 0 unspecified atom stereocenters. The van der Waals surface area contributed by atoms with Gasteiger partial charge in [0.1, 0.15) is 5.78 Å². The van der Waals surface area contributed by atoms with E-state index in [2.05, 4.69) is 26.2 Å². The number of ketones is 1. The monoisotopic (exact) mass is 214 g/mol. The highest BCUT2D eigenvalue weighted by atomic mass is 28.4. The van der Waals surface area contributed by atoms with Crippen molar-refractivity contribution >= 4 is 14.1 Å². The van der Waals surface area contributed by atoms with Crippen LogP contribution < -0.4 is 0 Å². The van der Waals surface area contributed by atoms with E-state index >= 15 is 0 Å². The van der Waals surface area contributed by atoms with Gasteiger partial charge in [-0.1, -0.05) is 27.4 Å². The summed E-state index contributed by atoms with van der Waals surface area (Å²) < 4.78 is 5.63. The lowest BCUT2D eigenvalue weighted by molar-refractivity contribution is -0.125. The van der Waals surface area contributed by atoms with E-state index in [1.54, 1.807) is 0 Å². The summed E-state index contributed by atoms with van der Waals surface area (Å²) in [4.78, 5) is 11.6. The van der Waals surface area contributed by atoms with Crippen LogP contribution in [0.25, 0.3) is 0 Å². The Hall–Kier alpha value is -0.573. The van der Waals surface area contributed by atoms with E-state index in [9.17, 15) is 4.79 Å². The molecule has 3 heteroatoms. The number of carbonyl (C=O) groups excluding carboxylic acids is 1. The van der Waals surface area contributed by atoms with Gasteiger partial charge in [0.25, 0.3) is 0 Å². The first-order chi connectivity index (χ1) is 6.02. The Kier molecular flexibility index (Phi) is 4.12. The maximum Gasteiger partial charge on any atom is 0.241 e. The molecule has 0 fully saturated rings. The van der Waals surface area contributed by atoms with Gasteiger partial charge in [-0.05, 0) is 19.6 Å². The quantitative estimate of drug-likeness (QED) is 0.530. The highest BCUT2D eigenvalue weighted by Crippen LogP contribution is 2.21. The van der Waals surface area contributed by atoms with Crippen molar-refractivity contribution < 1.29 is 9.22 Å². The molecule has 0 aromatic rings. The Bertz CT molecular complexity index is 231. The second-order valence-electron chi connectivity index (χ2n) is 5.60. The molecule has 0 spiro atoms. The fourth-order valence-electron chi connectivity index (χ4n) is 0.913. The van der Waals surface area contributed by atoms with Crippen LogP contribution in [-0.2, 0) is 9.22 Å². The van der Waals surface area contributed by atoms with Crippen molar-refractivity contribution in [2.24, 2.45) is 5.41 Å². The Balaban J connectivity index is 4.16. The number of Topliss-reactive ketones (excluding diaryl/α,β-unsaturated/α-hetero) is 1. The van der Waals surface area contributed by atoms with Crippen LogP contribution in [0.4, 0.5) is 0 Å². The fraction of sp³-hybridized carbons (Fsp3) is 0.727. The lowest BCUT2D eigenvalue weighted by atomic mass is 9.89. The molecule has 0 aliphatic carbocycles. The van der Waals surface area contributed by atoms with Crippen molar-refractivity contribution in [3.8, 4) is 0 Å². The minimum atomic E-state index is -1.60. The zero-order valence-corrected chi connectivity index (χ0v) is 11.2. The fourth-order valence-corrected chi connectivity index (χ4v) is 1.85. The van der Waals surface area contributed by atoms with Gasteiger partial charge >= 0.3 is 0 Å². The molecule has 0 atom stereocenters. The Morgan fingerprint density at radius 1 is 1.29 bits per heavy atom. The summed E-state index contributed by atoms with van der Waals surface area (Å²) in [5.41, 5.74) is -0.300. The molecule has 0 saturated carbocycles. The van der Waals surface area contributed by atoms with E-state index in [-0.39, 0.29) is 11.2 Å². The summed E-state index contributed by atoms with van der Waals surface area (Å²) in [5.74, 6) is 0.796. The van der Waals surface area contributed by atoms with Crippen molar-refractivity contribution in [1.82, 2.24) is 0 Å². The standard InChI is InChI=1S/C11H22O2Si/c1-9(13-14(5,6)7)8-10(12)11(2,3)4/h1,8H2,2-7H3. The first-order valence-electron chi connectivity index (χ1n) is 4.92. The molecule has 0 aromatic heterocycles. The minimum Gasteiger partial charge on any atom is -0.547 e. The number of hydrogen-bond acceptors (Lipinski definition) is 2. The lowest BCUT2D eigenvalue weighted by Crippen LogP contribution is -2.27. The van der Waals surface area contributed by atoms with Gasteiger partial charge in [-0.3, -0.25) is 4.79 Å². The van der Waals surface area contributed by atoms with E-state index in [0.717, 1.165) is 0 Å². The molecule has 0 N–H and O–H groups in total. The third-order valence-corrected chi connectivity index (χ3v) is 2.55. The average molecular weight is 214 g/mol. The molecule has 0 radical (unpaired) electrons. The first kappa shape index (κ1) is 13.4. The highest BCUT2D eigenvalue weighted by Gasteiger charge is 2.24. The summed E-state index contributed by atoms with van der Waals surface area (Å²) >= 11 is 0. The van der Waals surface area contributed by atoms with Crippen LogP contribution in [0.5, 0.6) is 0 Å². The van der Waals surface area contributed by atoms with Crippen molar-refractivity contribution in [3.63, 3.8) is 0 Å². The first-order valence-corrected chi connectivity index (χ1v) is 8.33. The van der Waals surface area contributed by atoms with Crippen LogP contribution in [0, 0.1) is 5.41 Å². The predicted molar refractivity (Wildman–Crippen MR) is 62.7 cm³/mol. The number of allylic oxidation sites excluding steroid dienone is 1. The van der Waals surface area contributed by atoms with Crippen LogP contribution in [0.1, 0.15) is 27.2 Å². The normalized spacial score (nSPS) is 12.4. The zero-order valence-electron chi connectivity index (χ0n) is 10.2. The molecule has 0 aliphatic heterocycles. The smallest absolute Gasteiger partial charge is 0.241 e. The number of hydrogen-bond donors (Lipinski definition) is 0. The van der Waals surface area contributed by atoms with Gasteiger partial charge in [-0.15, -0.1) is 0 Å². The van der Waals surface area contributed by atoms with E-state index < -0.39 is 8.32 Å². The molecule has 0 aliphatic rings. The third-order valence-electron chi connectivity index (χ3n) is 1.64. The molecule has 0 rings (SSSR count). The molecule has 0 amide bonds. The largest absolute Gasteiger partial charge is 0.547 e. The van der Waals surface area contributed by atoms with Gasteiger partial charge in [-0.2, -0.15) is 0 Å². The average Bonchev–Trinajstić information content (AvgIpc) is 1.79. The molecule has 0 saturated heterocycles. The molecule has 14 heavy (non-hydrogen) atoms. The van der Waals surface area contributed by atoms with Gasteiger partial charge in [-0.25, -0.2) is 0 Å². The van der Waals surface area contributed by atoms with Gasteiger partial charge < -0.3 is 4.43 Å². The Morgan fingerprint density at radius 2 is 1.71 bits per heavy atom. The molecule has 82 valence electrons. The summed E-state index contributed by atoms with van der Waals surface area (Å²) in [6.07, 6.45) is 0.341. The van der Waals surface area contributed by atoms with E-state index in [0.29, 0.717) is 12.2 Å². The van der Waals surface area contributed by atoms with Crippen molar-refractivity contribution in [2.75, 3.05) is 0 Å². The number of carbonyl (C=O) groups is 1. The second kappa shape index (κ2) is 4.30. The molecular weight excluding hydrogens is 192 g/mol. The Morgan fingerprint density at radius 3 is 2.00 bits per heavy atom. The molecule has 0 aromatic carbocycles. The van der Waals surface area contributed by atoms with Crippen molar-refractivity contribution in [3.05, 3.63) is 12.3 Å². The lowest BCUT2D eigenvalue weighted by Gasteiger charge is -2.23. The summed E-state index contributed by atoms with van der Waals surface area (Å²) in [6, 6.07) is 0. The summed E-state index contributed by atoms with van der Waals surface area (Å²) in [7, 11) is -1.60. The molecule has 2 nitrogen and oxygen atoms in total. The van der Waals surface area contributed by atoms with Gasteiger partial charge in [0.2, 0.25) is 8.32 Å².